The van der Waals surface area contributed by atoms with Crippen LogP contribution in [0.3, 0.4) is 0 Å². The first kappa shape index (κ1) is 15.9. The Bertz CT molecular complexity index is 703. The highest BCUT2D eigenvalue weighted by Crippen LogP contribution is 2.60. The number of phenolic OH excluding ortho intramolecular Hbond substituents is 1. The maximum absolute atomic E-state index is 12.3. The summed E-state index contributed by atoms with van der Waals surface area (Å²) in [5.41, 5.74) is 0.133. The van der Waals surface area contributed by atoms with Crippen molar-refractivity contribution in [3.05, 3.63) is 23.3 Å². The molecule has 1 saturated heterocycles. The van der Waals surface area contributed by atoms with Gasteiger partial charge in [0.25, 0.3) is 0 Å². The fourth-order valence-electron chi connectivity index (χ4n) is 5.38. The lowest BCUT2D eigenvalue weighted by Crippen LogP contribution is -2.72. The number of hydrogen-bond donors (Lipinski definition) is 2. The second kappa shape index (κ2) is 5.20. The molecular weight excluding hydrogens is 306 g/mol. The number of hydrogen-bond acceptors (Lipinski definition) is 5. The number of likely N-dealkylation sites (tertiary alicyclic amines) is 1. The Balaban J connectivity index is 1.97. The van der Waals surface area contributed by atoms with Gasteiger partial charge in [0, 0.05) is 29.9 Å². The van der Waals surface area contributed by atoms with Gasteiger partial charge in [-0.1, -0.05) is 6.07 Å². The Kier molecular flexibility index (Phi) is 3.45. The zero-order valence-corrected chi connectivity index (χ0v) is 14.3. The summed E-state index contributed by atoms with van der Waals surface area (Å²) in [6, 6.07) is 3.79. The Morgan fingerprint density at radius 3 is 2.92 bits per heavy atom. The summed E-state index contributed by atoms with van der Waals surface area (Å²) in [5, 5.41) is 22.6. The van der Waals surface area contributed by atoms with E-state index in [0.29, 0.717) is 44.5 Å². The number of nitrogens with zero attached hydrogens (tertiary/aromatic N) is 1. The third kappa shape index (κ3) is 1.85. The van der Waals surface area contributed by atoms with Crippen LogP contribution in [0.2, 0.25) is 0 Å². The van der Waals surface area contributed by atoms with Gasteiger partial charge >= 0.3 is 0 Å². The number of benzene rings is 1. The van der Waals surface area contributed by atoms with Crippen molar-refractivity contribution in [2.24, 2.45) is 0 Å². The van der Waals surface area contributed by atoms with Crippen molar-refractivity contribution in [1.82, 2.24) is 4.90 Å². The molecule has 2 fully saturated rings. The number of fused-ring (bicyclic) bond motifs is 1. The molecule has 0 unspecified atom stereocenters. The maximum Gasteiger partial charge on any atom is 0.161 e. The third-order valence-electron chi connectivity index (χ3n) is 6.51. The number of carbonyl (C=O) groups is 1. The molecule has 4 rings (SSSR count). The van der Waals surface area contributed by atoms with Gasteiger partial charge in [0.2, 0.25) is 0 Å². The van der Waals surface area contributed by atoms with E-state index < -0.39 is 11.0 Å². The van der Waals surface area contributed by atoms with Crippen LogP contribution < -0.4 is 4.74 Å². The third-order valence-corrected chi connectivity index (χ3v) is 6.51. The van der Waals surface area contributed by atoms with Crippen LogP contribution in [-0.4, -0.2) is 52.7 Å². The van der Waals surface area contributed by atoms with E-state index in [1.165, 1.54) is 0 Å². The molecule has 24 heavy (non-hydrogen) atoms. The Morgan fingerprint density at radius 2 is 2.17 bits per heavy atom. The van der Waals surface area contributed by atoms with E-state index in [1.54, 1.807) is 6.07 Å². The monoisotopic (exact) mass is 331 g/mol. The minimum atomic E-state index is -0.969. The number of ether oxygens (including phenoxy) is 1. The maximum atomic E-state index is 12.3. The van der Waals surface area contributed by atoms with Gasteiger partial charge in [0.05, 0.1) is 12.2 Å². The Labute approximate surface area is 142 Å². The van der Waals surface area contributed by atoms with E-state index >= 15 is 0 Å². The first-order valence-corrected chi connectivity index (χ1v) is 8.85. The molecule has 0 radical (unpaired) electrons. The molecule has 3 atom stereocenters. The number of aliphatic hydroxyl groups is 1. The summed E-state index contributed by atoms with van der Waals surface area (Å²) >= 11 is 0. The lowest BCUT2D eigenvalue weighted by molar-refractivity contribution is -0.169. The fraction of sp³-hybridized carbons (Fsp3) is 0.632. The van der Waals surface area contributed by atoms with Crippen LogP contribution in [-0.2, 0) is 16.6 Å². The number of carbonyl (C=O) groups excluding carboxylic acids is 1. The molecule has 2 N–H and O–H groups in total. The molecule has 1 saturated carbocycles. The van der Waals surface area contributed by atoms with E-state index in [2.05, 4.69) is 4.90 Å². The van der Waals surface area contributed by atoms with Crippen LogP contribution in [0, 0.1) is 0 Å². The topological polar surface area (TPSA) is 70.0 Å². The van der Waals surface area contributed by atoms with Crippen molar-refractivity contribution in [1.29, 1.82) is 0 Å². The van der Waals surface area contributed by atoms with Crippen molar-refractivity contribution in [3.63, 3.8) is 0 Å². The second-order valence-electron chi connectivity index (χ2n) is 7.55. The number of phenols is 1. The first-order chi connectivity index (χ1) is 11.4. The lowest BCUT2D eigenvalue weighted by Gasteiger charge is -2.62. The SMILES string of the molecule is CCOc1ccc2c(c1O)[C@]13CCN(C)[C@H](C2)[C@]1(O)CCC(=O)C3. The summed E-state index contributed by atoms with van der Waals surface area (Å²) in [7, 11) is 2.04. The number of piperidine rings is 1. The molecular formula is C19H25NO4. The molecule has 2 bridgehead atoms. The number of ketones is 1. The summed E-state index contributed by atoms with van der Waals surface area (Å²) < 4.78 is 5.57. The van der Waals surface area contributed by atoms with Crippen molar-refractivity contribution in [2.75, 3.05) is 20.2 Å². The number of likely N-dealkylation sites (N-methyl/N-ethyl adjacent to an activating group) is 1. The molecule has 1 aromatic rings. The van der Waals surface area contributed by atoms with Gasteiger partial charge in [-0.2, -0.15) is 0 Å². The van der Waals surface area contributed by atoms with Crippen LogP contribution in [0.4, 0.5) is 0 Å². The van der Waals surface area contributed by atoms with Gasteiger partial charge in [0.15, 0.2) is 11.5 Å². The normalized spacial score (nSPS) is 35.3. The zero-order valence-electron chi connectivity index (χ0n) is 14.3. The largest absolute Gasteiger partial charge is 0.504 e. The highest BCUT2D eigenvalue weighted by Gasteiger charge is 2.65. The van der Waals surface area contributed by atoms with Crippen LogP contribution in [0.15, 0.2) is 12.1 Å². The van der Waals surface area contributed by atoms with Crippen molar-refractivity contribution >= 4 is 5.78 Å². The van der Waals surface area contributed by atoms with Gasteiger partial charge in [-0.25, -0.2) is 0 Å². The van der Waals surface area contributed by atoms with Crippen molar-refractivity contribution in [2.45, 2.75) is 56.1 Å². The molecule has 1 aromatic carbocycles. The average Bonchev–Trinajstić information content (AvgIpc) is 2.54. The van der Waals surface area contributed by atoms with Crippen molar-refractivity contribution in [3.8, 4) is 11.5 Å². The summed E-state index contributed by atoms with van der Waals surface area (Å²) in [4.78, 5) is 14.5. The second-order valence-corrected chi connectivity index (χ2v) is 7.55. The Hall–Kier alpha value is -1.59. The van der Waals surface area contributed by atoms with Crippen LogP contribution >= 0.6 is 0 Å². The number of aromatic hydroxyl groups is 1. The van der Waals surface area contributed by atoms with Crippen molar-refractivity contribution < 1.29 is 19.7 Å². The molecule has 5 nitrogen and oxygen atoms in total. The van der Waals surface area contributed by atoms with E-state index in [-0.39, 0.29) is 17.6 Å². The first-order valence-electron chi connectivity index (χ1n) is 8.85. The zero-order chi connectivity index (χ0) is 17.1. The van der Waals surface area contributed by atoms with E-state index in [1.807, 2.05) is 20.0 Å². The van der Waals surface area contributed by atoms with Gasteiger partial charge in [-0.3, -0.25) is 4.79 Å². The summed E-state index contributed by atoms with van der Waals surface area (Å²) in [6.45, 7) is 3.16. The molecule has 0 spiro atoms. The minimum absolute atomic E-state index is 0.0100. The van der Waals surface area contributed by atoms with Crippen LogP contribution in [0.1, 0.15) is 43.7 Å². The number of Topliss-reactive ketones (excluding diaryl/α,β-unsaturated/α-hetero) is 1. The lowest BCUT2D eigenvalue weighted by atomic mass is 9.49. The van der Waals surface area contributed by atoms with E-state index in [4.69, 9.17) is 4.74 Å². The molecule has 2 aliphatic carbocycles. The van der Waals surface area contributed by atoms with Crippen LogP contribution in [0.5, 0.6) is 11.5 Å². The quantitative estimate of drug-likeness (QED) is 0.864. The molecule has 3 aliphatic rings. The predicted octanol–water partition coefficient (Wildman–Crippen LogP) is 1.77. The Morgan fingerprint density at radius 1 is 1.38 bits per heavy atom. The van der Waals surface area contributed by atoms with Gasteiger partial charge in [0.1, 0.15) is 5.78 Å². The van der Waals surface area contributed by atoms with Gasteiger partial charge < -0.3 is 19.8 Å². The van der Waals surface area contributed by atoms with E-state index in [9.17, 15) is 15.0 Å². The standard InChI is InChI=1S/C19H25NO4/c1-3-24-14-5-4-12-10-15-19(23)7-6-13(21)11-18(19,8-9-20(15)2)16(12)17(14)22/h4-5,15,22-23H,3,6-11H2,1-2H3/t15-,18-,19-/m1/s1. The fourth-order valence-corrected chi connectivity index (χ4v) is 5.38. The van der Waals surface area contributed by atoms with Crippen LogP contribution in [0.25, 0.3) is 0 Å². The summed E-state index contributed by atoms with van der Waals surface area (Å²) in [5.74, 6) is 0.742. The average molecular weight is 331 g/mol. The predicted molar refractivity (Wildman–Crippen MR) is 89.5 cm³/mol. The number of rotatable bonds is 2. The van der Waals surface area contributed by atoms with Gasteiger partial charge in [-0.15, -0.1) is 0 Å². The minimum Gasteiger partial charge on any atom is -0.504 e. The molecule has 1 heterocycles. The molecule has 5 heteroatoms. The molecule has 0 amide bonds. The smallest absolute Gasteiger partial charge is 0.161 e. The highest BCUT2D eigenvalue weighted by atomic mass is 16.5. The molecule has 130 valence electrons. The summed E-state index contributed by atoms with van der Waals surface area (Å²) in [6.07, 6.45) is 2.57. The highest BCUT2D eigenvalue weighted by molar-refractivity contribution is 5.83. The van der Waals surface area contributed by atoms with Gasteiger partial charge in [-0.05, 0) is 51.4 Å². The molecule has 1 aliphatic heterocycles. The van der Waals surface area contributed by atoms with E-state index in [0.717, 1.165) is 17.7 Å². The molecule has 0 aromatic heterocycles.